The second-order valence-electron chi connectivity index (χ2n) is 4.38. The molecule has 0 spiro atoms. The van der Waals surface area contributed by atoms with Crippen molar-refractivity contribution in [3.05, 3.63) is 0 Å². The Hall–Kier alpha value is -1.57. The van der Waals surface area contributed by atoms with E-state index in [0.717, 1.165) is 4.90 Å². The van der Waals surface area contributed by atoms with Gasteiger partial charge in [0.05, 0.1) is 6.10 Å². The summed E-state index contributed by atoms with van der Waals surface area (Å²) in [6.45, 7) is 1.94. The number of aliphatic hydroxyl groups excluding tert-OH is 1. The van der Waals surface area contributed by atoms with Crippen LogP contribution in [0.2, 0.25) is 0 Å². The van der Waals surface area contributed by atoms with Gasteiger partial charge in [-0.05, 0) is 19.3 Å². The third-order valence-electron chi connectivity index (χ3n) is 2.86. The van der Waals surface area contributed by atoms with Crippen LogP contribution in [0.4, 0.5) is 14.0 Å². The Bertz CT molecular complexity index is 328. The van der Waals surface area contributed by atoms with Crippen LogP contribution in [0.25, 0.3) is 0 Å². The van der Waals surface area contributed by atoms with Crippen LogP contribution >= 0.6 is 0 Å². The first-order valence-corrected chi connectivity index (χ1v) is 6.24. The average Bonchev–Trinajstić information content (AvgIpc) is 2.31. The van der Waals surface area contributed by atoms with Crippen LogP contribution in [0, 0.1) is 0 Å². The monoisotopic (exact) mass is 278 g/mol. The third-order valence-corrected chi connectivity index (χ3v) is 2.86. The van der Waals surface area contributed by atoms with E-state index in [-0.39, 0.29) is 13.0 Å². The SMILES string of the molecule is CCCC(F)OC(=O)NC1C(O)CCCN1C(=O)O. The molecule has 3 unspecified atom stereocenters. The fourth-order valence-corrected chi connectivity index (χ4v) is 1.92. The lowest BCUT2D eigenvalue weighted by atomic mass is 10.1. The molecular formula is C11H19FN2O5. The number of rotatable bonds is 4. The second-order valence-corrected chi connectivity index (χ2v) is 4.38. The van der Waals surface area contributed by atoms with E-state index in [4.69, 9.17) is 5.11 Å². The fraction of sp³-hybridized carbons (Fsp3) is 0.818. The number of aliphatic hydroxyl groups is 1. The second kappa shape index (κ2) is 7.13. The lowest BCUT2D eigenvalue weighted by Crippen LogP contribution is -2.59. The number of nitrogens with zero attached hydrogens (tertiary/aromatic N) is 1. The summed E-state index contributed by atoms with van der Waals surface area (Å²) < 4.78 is 17.5. The van der Waals surface area contributed by atoms with Crippen LogP contribution in [0.15, 0.2) is 0 Å². The maximum absolute atomic E-state index is 13.1. The number of likely N-dealkylation sites (tertiary alicyclic amines) is 1. The zero-order valence-corrected chi connectivity index (χ0v) is 10.7. The topological polar surface area (TPSA) is 99.1 Å². The van der Waals surface area contributed by atoms with Gasteiger partial charge in [-0.1, -0.05) is 6.92 Å². The molecule has 2 amide bonds. The normalized spacial score (nSPS) is 24.7. The first kappa shape index (κ1) is 15.5. The fourth-order valence-electron chi connectivity index (χ4n) is 1.92. The largest absolute Gasteiger partial charge is 0.465 e. The van der Waals surface area contributed by atoms with E-state index in [2.05, 4.69) is 10.1 Å². The van der Waals surface area contributed by atoms with Crippen molar-refractivity contribution in [2.45, 2.75) is 51.2 Å². The Balaban J connectivity index is 2.55. The number of amides is 2. The number of carboxylic acid groups (broad SMARTS) is 1. The molecular weight excluding hydrogens is 259 g/mol. The molecule has 3 atom stereocenters. The molecule has 0 aromatic heterocycles. The summed E-state index contributed by atoms with van der Waals surface area (Å²) >= 11 is 0. The van der Waals surface area contributed by atoms with E-state index in [1.165, 1.54) is 0 Å². The Kier molecular flexibility index (Phi) is 5.81. The van der Waals surface area contributed by atoms with Gasteiger partial charge in [0.2, 0.25) is 6.36 Å². The van der Waals surface area contributed by atoms with Gasteiger partial charge in [-0.3, -0.25) is 10.2 Å². The first-order chi connectivity index (χ1) is 8.95. The highest BCUT2D eigenvalue weighted by Crippen LogP contribution is 2.16. The number of ether oxygens (including phenoxy) is 1. The molecule has 0 radical (unpaired) electrons. The Morgan fingerprint density at radius 3 is 2.84 bits per heavy atom. The van der Waals surface area contributed by atoms with Gasteiger partial charge < -0.3 is 14.9 Å². The molecule has 0 aromatic rings. The number of nitrogens with one attached hydrogen (secondary N) is 1. The Labute approximate surface area is 110 Å². The summed E-state index contributed by atoms with van der Waals surface area (Å²) in [4.78, 5) is 23.3. The molecule has 1 rings (SSSR count). The molecule has 0 aliphatic carbocycles. The molecule has 1 heterocycles. The first-order valence-electron chi connectivity index (χ1n) is 6.24. The minimum absolute atomic E-state index is 0.0727. The van der Waals surface area contributed by atoms with Crippen LogP contribution in [-0.2, 0) is 4.74 Å². The van der Waals surface area contributed by atoms with E-state index >= 15 is 0 Å². The quantitative estimate of drug-likeness (QED) is 0.719. The van der Waals surface area contributed by atoms with Crippen molar-refractivity contribution in [2.24, 2.45) is 0 Å². The van der Waals surface area contributed by atoms with Crippen molar-refractivity contribution in [3.8, 4) is 0 Å². The third kappa shape index (κ3) is 4.55. The van der Waals surface area contributed by atoms with Crippen molar-refractivity contribution in [1.29, 1.82) is 0 Å². The minimum Gasteiger partial charge on any atom is -0.465 e. The molecule has 8 heteroatoms. The van der Waals surface area contributed by atoms with Crippen LogP contribution in [-0.4, -0.2) is 52.5 Å². The molecule has 0 saturated carbocycles. The Morgan fingerprint density at radius 2 is 2.26 bits per heavy atom. The maximum Gasteiger partial charge on any atom is 0.411 e. The standard InChI is InChI=1S/C11H19FN2O5/c1-2-4-8(12)19-10(16)13-9-7(15)5-3-6-14(9)11(17)18/h7-9,15H,2-6H2,1H3,(H,13,16)(H,17,18). The van der Waals surface area contributed by atoms with E-state index in [9.17, 15) is 19.1 Å². The van der Waals surface area contributed by atoms with Gasteiger partial charge >= 0.3 is 12.2 Å². The number of carbonyl (C=O) groups excluding carboxylic acids is 1. The smallest absolute Gasteiger partial charge is 0.411 e. The molecule has 0 bridgehead atoms. The van der Waals surface area contributed by atoms with Crippen molar-refractivity contribution >= 4 is 12.2 Å². The lowest BCUT2D eigenvalue weighted by molar-refractivity contribution is -0.0213. The molecule has 1 fully saturated rings. The number of hydrogen-bond acceptors (Lipinski definition) is 4. The summed E-state index contributed by atoms with van der Waals surface area (Å²) in [7, 11) is 0. The lowest BCUT2D eigenvalue weighted by Gasteiger charge is -2.37. The molecule has 1 aliphatic heterocycles. The minimum atomic E-state index is -1.73. The highest BCUT2D eigenvalue weighted by atomic mass is 19.1. The summed E-state index contributed by atoms with van der Waals surface area (Å²) in [6, 6.07) is 0. The van der Waals surface area contributed by atoms with Crippen molar-refractivity contribution < 1.29 is 28.9 Å². The summed E-state index contributed by atoms with van der Waals surface area (Å²) in [6.07, 6.45) is -4.73. The number of alkyl carbamates (subject to hydrolysis) is 1. The zero-order valence-electron chi connectivity index (χ0n) is 10.7. The highest BCUT2D eigenvalue weighted by molar-refractivity contribution is 5.70. The molecule has 3 N–H and O–H groups in total. The summed E-state index contributed by atoms with van der Waals surface area (Å²) in [5.74, 6) is 0. The van der Waals surface area contributed by atoms with Crippen LogP contribution in [0.3, 0.4) is 0 Å². The maximum atomic E-state index is 13.1. The molecule has 110 valence electrons. The van der Waals surface area contributed by atoms with Gasteiger partial charge in [0.1, 0.15) is 6.17 Å². The van der Waals surface area contributed by atoms with Crippen molar-refractivity contribution in [2.75, 3.05) is 6.54 Å². The van der Waals surface area contributed by atoms with Crippen molar-refractivity contribution in [3.63, 3.8) is 0 Å². The summed E-state index contributed by atoms with van der Waals surface area (Å²) in [5, 5.41) is 20.8. The predicted octanol–water partition coefficient (Wildman–Crippen LogP) is 1.27. The van der Waals surface area contributed by atoms with Crippen LogP contribution in [0.5, 0.6) is 0 Å². The number of piperidine rings is 1. The van der Waals surface area contributed by atoms with Gasteiger partial charge in [0.15, 0.2) is 0 Å². The number of hydrogen-bond donors (Lipinski definition) is 3. The number of halogens is 1. The van der Waals surface area contributed by atoms with Crippen LogP contribution in [0.1, 0.15) is 32.6 Å². The molecule has 1 saturated heterocycles. The summed E-state index contributed by atoms with van der Waals surface area (Å²) in [5.41, 5.74) is 0. The van der Waals surface area contributed by atoms with Crippen LogP contribution < -0.4 is 5.32 Å². The zero-order chi connectivity index (χ0) is 14.4. The van der Waals surface area contributed by atoms with Crippen molar-refractivity contribution in [1.82, 2.24) is 10.2 Å². The molecule has 1 aliphatic rings. The van der Waals surface area contributed by atoms with E-state index in [1.54, 1.807) is 6.92 Å². The van der Waals surface area contributed by atoms with E-state index in [0.29, 0.717) is 19.3 Å². The molecule has 7 nitrogen and oxygen atoms in total. The van der Waals surface area contributed by atoms with E-state index in [1.807, 2.05) is 0 Å². The van der Waals surface area contributed by atoms with Gasteiger partial charge in [-0.2, -0.15) is 0 Å². The number of carbonyl (C=O) groups is 2. The van der Waals surface area contributed by atoms with Gasteiger partial charge in [-0.25, -0.2) is 14.0 Å². The highest BCUT2D eigenvalue weighted by Gasteiger charge is 2.35. The molecule has 19 heavy (non-hydrogen) atoms. The molecule has 0 aromatic carbocycles. The average molecular weight is 278 g/mol. The predicted molar refractivity (Wildman–Crippen MR) is 63.2 cm³/mol. The number of alkyl halides is 1. The van der Waals surface area contributed by atoms with Gasteiger partial charge in [-0.15, -0.1) is 0 Å². The van der Waals surface area contributed by atoms with Gasteiger partial charge in [0.25, 0.3) is 0 Å². The van der Waals surface area contributed by atoms with E-state index < -0.39 is 30.8 Å². The van der Waals surface area contributed by atoms with Gasteiger partial charge in [0, 0.05) is 13.0 Å². The Morgan fingerprint density at radius 1 is 1.58 bits per heavy atom.